The lowest BCUT2D eigenvalue weighted by molar-refractivity contribution is -0.118. The van der Waals surface area contributed by atoms with E-state index in [4.69, 9.17) is 4.74 Å². The van der Waals surface area contributed by atoms with E-state index in [0.717, 1.165) is 24.4 Å². The summed E-state index contributed by atoms with van der Waals surface area (Å²) in [6.07, 6.45) is 1.08. The number of rotatable bonds is 7. The van der Waals surface area contributed by atoms with Gasteiger partial charge in [0.05, 0.1) is 7.11 Å². The number of carbonyl (C=O) groups excluding carboxylic acids is 1. The van der Waals surface area contributed by atoms with E-state index in [1.165, 1.54) is 0 Å². The Labute approximate surface area is 96.8 Å². The number of benzene rings is 1. The topological polar surface area (TPSA) is 38.3 Å². The third-order valence-electron chi connectivity index (χ3n) is 2.37. The number of methoxy groups -OCH3 is 1. The van der Waals surface area contributed by atoms with Crippen LogP contribution in [0.15, 0.2) is 24.3 Å². The molecule has 0 saturated heterocycles. The van der Waals surface area contributed by atoms with Crippen molar-refractivity contribution >= 4 is 5.78 Å². The number of carbonyl (C=O) groups is 1. The molecule has 0 heterocycles. The van der Waals surface area contributed by atoms with Gasteiger partial charge < -0.3 is 10.1 Å². The highest BCUT2D eigenvalue weighted by Crippen LogP contribution is 2.13. The highest BCUT2D eigenvalue weighted by atomic mass is 16.5. The first-order chi connectivity index (χ1) is 7.76. The summed E-state index contributed by atoms with van der Waals surface area (Å²) in [6, 6.07) is 7.65. The van der Waals surface area contributed by atoms with Crippen molar-refractivity contribution in [3.8, 4) is 5.75 Å². The Hall–Kier alpha value is -1.35. The summed E-state index contributed by atoms with van der Waals surface area (Å²) in [5, 5.41) is 3.14. The second-order valence-corrected chi connectivity index (χ2v) is 3.67. The fraction of sp³-hybridized carbons (Fsp3) is 0.462. The number of Topliss-reactive ketones (excluding diaryl/α,β-unsaturated/α-hetero) is 1. The van der Waals surface area contributed by atoms with Crippen LogP contribution in [0.4, 0.5) is 0 Å². The van der Waals surface area contributed by atoms with Crippen LogP contribution in [0.3, 0.4) is 0 Å². The maximum absolute atomic E-state index is 11.6. The van der Waals surface area contributed by atoms with E-state index in [2.05, 4.69) is 5.32 Å². The van der Waals surface area contributed by atoms with Gasteiger partial charge in [0.1, 0.15) is 11.5 Å². The third kappa shape index (κ3) is 4.45. The molecule has 1 N–H and O–H groups in total. The Balaban J connectivity index is 2.43. The smallest absolute Gasteiger partial charge is 0.138 e. The van der Waals surface area contributed by atoms with Crippen LogP contribution in [-0.4, -0.2) is 26.0 Å². The van der Waals surface area contributed by atoms with Crippen LogP contribution in [0, 0.1) is 0 Å². The Morgan fingerprint density at radius 3 is 2.94 bits per heavy atom. The van der Waals surface area contributed by atoms with E-state index >= 15 is 0 Å². The Kier molecular flexibility index (Phi) is 5.57. The van der Waals surface area contributed by atoms with E-state index in [1.807, 2.05) is 31.2 Å². The van der Waals surface area contributed by atoms with Gasteiger partial charge >= 0.3 is 0 Å². The minimum absolute atomic E-state index is 0.259. The molecule has 16 heavy (non-hydrogen) atoms. The normalized spacial score (nSPS) is 10.1. The second kappa shape index (κ2) is 7.01. The second-order valence-electron chi connectivity index (χ2n) is 3.67. The van der Waals surface area contributed by atoms with E-state index in [-0.39, 0.29) is 5.78 Å². The van der Waals surface area contributed by atoms with Gasteiger partial charge in [-0.3, -0.25) is 4.79 Å². The number of nitrogens with one attached hydrogen (secondary N) is 1. The number of ether oxygens (including phenoxy) is 1. The quantitative estimate of drug-likeness (QED) is 0.714. The van der Waals surface area contributed by atoms with Gasteiger partial charge in [0.15, 0.2) is 0 Å². The van der Waals surface area contributed by atoms with E-state index in [0.29, 0.717) is 12.8 Å². The lowest BCUT2D eigenvalue weighted by Gasteiger charge is -2.04. The van der Waals surface area contributed by atoms with Gasteiger partial charge in [-0.2, -0.15) is 0 Å². The number of hydrogen-bond donors (Lipinski definition) is 1. The highest BCUT2D eigenvalue weighted by molar-refractivity contribution is 5.81. The van der Waals surface area contributed by atoms with Crippen LogP contribution in [0.2, 0.25) is 0 Å². The summed E-state index contributed by atoms with van der Waals surface area (Å²) >= 11 is 0. The van der Waals surface area contributed by atoms with E-state index < -0.39 is 0 Å². The largest absolute Gasteiger partial charge is 0.497 e. The van der Waals surface area contributed by atoms with Crippen molar-refractivity contribution in [1.82, 2.24) is 5.32 Å². The minimum Gasteiger partial charge on any atom is -0.497 e. The van der Waals surface area contributed by atoms with Crippen LogP contribution >= 0.6 is 0 Å². The van der Waals surface area contributed by atoms with Crippen molar-refractivity contribution in [3.05, 3.63) is 29.8 Å². The lowest BCUT2D eigenvalue weighted by atomic mass is 10.1. The molecule has 1 aromatic rings. The zero-order valence-corrected chi connectivity index (χ0v) is 9.95. The van der Waals surface area contributed by atoms with E-state index in [1.54, 1.807) is 7.11 Å². The molecule has 0 aliphatic rings. The molecular formula is C13H19NO2. The Bertz CT molecular complexity index is 336. The molecule has 1 aromatic carbocycles. The molecule has 0 bridgehead atoms. The van der Waals surface area contributed by atoms with Crippen LogP contribution in [0.5, 0.6) is 5.75 Å². The summed E-state index contributed by atoms with van der Waals surface area (Å²) < 4.78 is 5.11. The molecule has 0 aliphatic heterocycles. The standard InChI is InChI=1S/C13H19NO2/c1-3-14-8-7-12(15)9-11-5-4-6-13(10-11)16-2/h4-6,10,14H,3,7-9H2,1-2H3. The molecule has 0 saturated carbocycles. The van der Waals surface area contributed by atoms with Gasteiger partial charge in [0.2, 0.25) is 0 Å². The third-order valence-corrected chi connectivity index (χ3v) is 2.37. The average molecular weight is 221 g/mol. The molecule has 0 radical (unpaired) electrons. The van der Waals surface area contributed by atoms with Crippen LogP contribution in [0.1, 0.15) is 18.9 Å². The Morgan fingerprint density at radius 1 is 1.44 bits per heavy atom. The van der Waals surface area contributed by atoms with Crippen molar-refractivity contribution in [2.45, 2.75) is 19.8 Å². The van der Waals surface area contributed by atoms with Gasteiger partial charge in [-0.1, -0.05) is 19.1 Å². The molecule has 0 fully saturated rings. The summed E-state index contributed by atoms with van der Waals surface area (Å²) in [4.78, 5) is 11.6. The molecular weight excluding hydrogens is 202 g/mol. The average Bonchev–Trinajstić information content (AvgIpc) is 2.29. The fourth-order valence-electron chi connectivity index (χ4n) is 1.50. The van der Waals surface area contributed by atoms with E-state index in [9.17, 15) is 4.79 Å². The van der Waals surface area contributed by atoms with Crippen LogP contribution in [0.25, 0.3) is 0 Å². The van der Waals surface area contributed by atoms with Crippen molar-refractivity contribution in [3.63, 3.8) is 0 Å². The fourth-order valence-corrected chi connectivity index (χ4v) is 1.50. The number of hydrogen-bond acceptors (Lipinski definition) is 3. The lowest BCUT2D eigenvalue weighted by Crippen LogP contribution is -2.18. The first-order valence-corrected chi connectivity index (χ1v) is 5.61. The Morgan fingerprint density at radius 2 is 2.25 bits per heavy atom. The molecule has 0 spiro atoms. The van der Waals surface area contributed by atoms with Crippen molar-refractivity contribution < 1.29 is 9.53 Å². The maximum Gasteiger partial charge on any atom is 0.138 e. The van der Waals surface area contributed by atoms with Gasteiger partial charge in [-0.15, -0.1) is 0 Å². The van der Waals surface area contributed by atoms with Crippen molar-refractivity contribution in [2.24, 2.45) is 0 Å². The zero-order chi connectivity index (χ0) is 11.8. The molecule has 0 unspecified atom stereocenters. The summed E-state index contributed by atoms with van der Waals surface area (Å²) in [5.74, 6) is 1.06. The molecule has 88 valence electrons. The summed E-state index contributed by atoms with van der Waals surface area (Å²) in [6.45, 7) is 3.71. The van der Waals surface area contributed by atoms with Crippen LogP contribution in [-0.2, 0) is 11.2 Å². The van der Waals surface area contributed by atoms with Gasteiger partial charge in [-0.05, 0) is 24.2 Å². The van der Waals surface area contributed by atoms with Gasteiger partial charge in [0.25, 0.3) is 0 Å². The first kappa shape index (κ1) is 12.7. The van der Waals surface area contributed by atoms with Crippen LogP contribution < -0.4 is 10.1 Å². The molecule has 3 heteroatoms. The van der Waals surface area contributed by atoms with Crippen molar-refractivity contribution in [2.75, 3.05) is 20.2 Å². The predicted molar refractivity (Wildman–Crippen MR) is 64.9 cm³/mol. The zero-order valence-electron chi connectivity index (χ0n) is 9.95. The highest BCUT2D eigenvalue weighted by Gasteiger charge is 2.04. The predicted octanol–water partition coefficient (Wildman–Crippen LogP) is 1.81. The van der Waals surface area contributed by atoms with Crippen molar-refractivity contribution in [1.29, 1.82) is 0 Å². The summed E-state index contributed by atoms with van der Waals surface area (Å²) in [5.41, 5.74) is 1.01. The molecule has 0 amide bonds. The SMILES string of the molecule is CCNCCC(=O)Cc1cccc(OC)c1. The molecule has 1 rings (SSSR count). The minimum atomic E-state index is 0.259. The molecule has 0 aromatic heterocycles. The molecule has 0 aliphatic carbocycles. The van der Waals surface area contributed by atoms with Gasteiger partial charge in [-0.25, -0.2) is 0 Å². The van der Waals surface area contributed by atoms with Gasteiger partial charge in [0, 0.05) is 19.4 Å². The first-order valence-electron chi connectivity index (χ1n) is 5.61. The molecule has 3 nitrogen and oxygen atoms in total. The summed E-state index contributed by atoms with van der Waals surface area (Å²) in [7, 11) is 1.63. The number of ketones is 1. The monoisotopic (exact) mass is 221 g/mol. The maximum atomic E-state index is 11.6. The molecule has 0 atom stereocenters.